The second-order valence-corrected chi connectivity index (χ2v) is 7.73. The highest BCUT2D eigenvalue weighted by Crippen LogP contribution is 2.35. The fourth-order valence-corrected chi connectivity index (χ4v) is 4.04. The summed E-state index contributed by atoms with van der Waals surface area (Å²) in [6.07, 6.45) is 0. The maximum Gasteiger partial charge on any atom is 0.282 e. The molecule has 2 aliphatic heterocycles. The standard InChI is InChI=1S/C23H24N4O4/c1-3-24-12-14-25(15-13-24)21-20(17-6-10-19(11-7-17)27(30)31)22(28)26(23(21)29)18-8-4-16(2)5-9-18/h4-11H,3,12-15H2,1-2H3. The molecule has 2 aromatic rings. The minimum atomic E-state index is -0.483. The van der Waals surface area contributed by atoms with Gasteiger partial charge in [-0.15, -0.1) is 0 Å². The molecular formula is C23H24N4O4. The molecule has 1 fully saturated rings. The van der Waals surface area contributed by atoms with E-state index in [1.807, 2.05) is 24.0 Å². The van der Waals surface area contributed by atoms with E-state index in [-0.39, 0.29) is 11.6 Å². The number of amides is 2. The third-order valence-electron chi connectivity index (χ3n) is 5.85. The number of rotatable bonds is 5. The lowest BCUT2D eigenvalue weighted by Crippen LogP contribution is -2.47. The zero-order chi connectivity index (χ0) is 22.1. The van der Waals surface area contributed by atoms with Crippen LogP contribution in [0.15, 0.2) is 54.2 Å². The maximum atomic E-state index is 13.5. The summed E-state index contributed by atoms with van der Waals surface area (Å²) >= 11 is 0. The summed E-state index contributed by atoms with van der Waals surface area (Å²) in [5.74, 6) is -0.761. The zero-order valence-electron chi connectivity index (χ0n) is 17.6. The number of nitro groups is 1. The molecule has 2 aliphatic rings. The number of hydrogen-bond donors (Lipinski definition) is 0. The van der Waals surface area contributed by atoms with Crippen molar-refractivity contribution in [1.82, 2.24) is 9.80 Å². The van der Waals surface area contributed by atoms with Crippen molar-refractivity contribution >= 4 is 28.8 Å². The first kappa shape index (κ1) is 20.7. The molecule has 0 unspecified atom stereocenters. The van der Waals surface area contributed by atoms with E-state index in [9.17, 15) is 19.7 Å². The van der Waals surface area contributed by atoms with Crippen molar-refractivity contribution in [3.05, 3.63) is 75.5 Å². The number of likely N-dealkylation sites (N-methyl/N-ethyl adjacent to an activating group) is 1. The van der Waals surface area contributed by atoms with Gasteiger partial charge >= 0.3 is 0 Å². The Kier molecular flexibility index (Phi) is 5.56. The first-order valence-corrected chi connectivity index (χ1v) is 10.3. The van der Waals surface area contributed by atoms with Crippen molar-refractivity contribution in [3.8, 4) is 0 Å². The molecule has 0 N–H and O–H groups in total. The molecule has 0 aromatic heterocycles. The highest BCUT2D eigenvalue weighted by atomic mass is 16.6. The van der Waals surface area contributed by atoms with Crippen molar-refractivity contribution in [2.45, 2.75) is 13.8 Å². The monoisotopic (exact) mass is 420 g/mol. The normalized spacial score (nSPS) is 17.6. The SMILES string of the molecule is CCN1CCN(C2=C(c3ccc([N+](=O)[O-])cc3)C(=O)N(c3ccc(C)cc3)C2=O)CC1. The number of non-ortho nitro benzene ring substituents is 1. The van der Waals surface area contributed by atoms with Gasteiger partial charge in [-0.1, -0.05) is 24.6 Å². The van der Waals surface area contributed by atoms with Gasteiger partial charge in [0.25, 0.3) is 17.5 Å². The van der Waals surface area contributed by atoms with Gasteiger partial charge in [-0.25, -0.2) is 4.90 Å². The number of nitrogens with zero attached hydrogens (tertiary/aromatic N) is 4. The van der Waals surface area contributed by atoms with Gasteiger partial charge < -0.3 is 9.80 Å². The molecule has 8 nitrogen and oxygen atoms in total. The van der Waals surface area contributed by atoms with E-state index in [1.54, 1.807) is 24.3 Å². The topological polar surface area (TPSA) is 87.0 Å². The molecule has 4 rings (SSSR count). The lowest BCUT2D eigenvalue weighted by molar-refractivity contribution is -0.384. The molecule has 0 atom stereocenters. The van der Waals surface area contributed by atoms with Gasteiger partial charge in [-0.3, -0.25) is 19.7 Å². The van der Waals surface area contributed by atoms with Gasteiger partial charge in [0.05, 0.1) is 16.2 Å². The van der Waals surface area contributed by atoms with Crippen LogP contribution in [0.5, 0.6) is 0 Å². The zero-order valence-corrected chi connectivity index (χ0v) is 17.6. The molecule has 0 radical (unpaired) electrons. The highest BCUT2D eigenvalue weighted by molar-refractivity contribution is 6.45. The minimum Gasteiger partial charge on any atom is -0.364 e. The second kappa shape index (κ2) is 8.31. The van der Waals surface area contributed by atoms with Crippen molar-refractivity contribution in [1.29, 1.82) is 0 Å². The van der Waals surface area contributed by atoms with Crippen molar-refractivity contribution in [3.63, 3.8) is 0 Å². The Balaban J connectivity index is 1.77. The van der Waals surface area contributed by atoms with Crippen LogP contribution in [0.3, 0.4) is 0 Å². The third-order valence-corrected chi connectivity index (χ3v) is 5.85. The summed E-state index contributed by atoms with van der Waals surface area (Å²) in [7, 11) is 0. The molecule has 2 amide bonds. The Hall–Kier alpha value is -3.52. The molecule has 31 heavy (non-hydrogen) atoms. The molecular weight excluding hydrogens is 396 g/mol. The van der Waals surface area contributed by atoms with Crippen LogP contribution in [0.1, 0.15) is 18.1 Å². The fraction of sp³-hybridized carbons (Fsp3) is 0.304. The maximum absolute atomic E-state index is 13.5. The van der Waals surface area contributed by atoms with Crippen molar-refractivity contribution in [2.75, 3.05) is 37.6 Å². The molecule has 160 valence electrons. The number of hydrogen-bond acceptors (Lipinski definition) is 6. The van der Waals surface area contributed by atoms with Crippen molar-refractivity contribution in [2.24, 2.45) is 0 Å². The fourth-order valence-electron chi connectivity index (χ4n) is 4.04. The van der Waals surface area contributed by atoms with E-state index in [0.29, 0.717) is 35.6 Å². The Bertz CT molecular complexity index is 1050. The molecule has 0 bridgehead atoms. The van der Waals surface area contributed by atoms with Gasteiger partial charge in [-0.05, 0) is 43.3 Å². The van der Waals surface area contributed by atoms with Crippen LogP contribution >= 0.6 is 0 Å². The smallest absolute Gasteiger partial charge is 0.282 e. The Morgan fingerprint density at radius 3 is 2.06 bits per heavy atom. The molecule has 1 saturated heterocycles. The van der Waals surface area contributed by atoms with E-state index in [0.717, 1.165) is 25.2 Å². The van der Waals surface area contributed by atoms with E-state index in [1.165, 1.54) is 17.0 Å². The summed E-state index contributed by atoms with van der Waals surface area (Å²) < 4.78 is 0. The molecule has 8 heteroatoms. The van der Waals surface area contributed by atoms with Gasteiger partial charge in [0.2, 0.25) is 0 Å². The largest absolute Gasteiger partial charge is 0.364 e. The predicted octanol–water partition coefficient (Wildman–Crippen LogP) is 2.83. The van der Waals surface area contributed by atoms with Crippen LogP contribution in [0.25, 0.3) is 5.57 Å². The number of nitro benzene ring substituents is 1. The molecule has 0 saturated carbocycles. The number of anilines is 1. The van der Waals surface area contributed by atoms with E-state index >= 15 is 0 Å². The van der Waals surface area contributed by atoms with Gasteiger partial charge in [-0.2, -0.15) is 0 Å². The lowest BCUT2D eigenvalue weighted by atomic mass is 10.0. The van der Waals surface area contributed by atoms with Crippen LogP contribution in [-0.4, -0.2) is 59.3 Å². The summed E-state index contributed by atoms with van der Waals surface area (Å²) in [4.78, 5) is 43.0. The van der Waals surface area contributed by atoms with Gasteiger partial charge in [0.1, 0.15) is 5.70 Å². The van der Waals surface area contributed by atoms with Crippen LogP contribution in [0.2, 0.25) is 0 Å². The van der Waals surface area contributed by atoms with Crippen LogP contribution < -0.4 is 4.90 Å². The molecule has 0 aliphatic carbocycles. The number of carbonyl (C=O) groups excluding carboxylic acids is 2. The van der Waals surface area contributed by atoms with Crippen LogP contribution in [0.4, 0.5) is 11.4 Å². The number of aryl methyl sites for hydroxylation is 1. The quantitative estimate of drug-likeness (QED) is 0.420. The van der Waals surface area contributed by atoms with Crippen molar-refractivity contribution < 1.29 is 14.5 Å². The minimum absolute atomic E-state index is 0.0605. The van der Waals surface area contributed by atoms with Crippen LogP contribution in [0, 0.1) is 17.0 Å². The molecule has 2 aromatic carbocycles. The Morgan fingerprint density at radius 1 is 0.903 bits per heavy atom. The predicted molar refractivity (Wildman–Crippen MR) is 117 cm³/mol. The molecule has 2 heterocycles. The molecule has 0 spiro atoms. The lowest BCUT2D eigenvalue weighted by Gasteiger charge is -2.36. The second-order valence-electron chi connectivity index (χ2n) is 7.73. The van der Waals surface area contributed by atoms with E-state index < -0.39 is 10.8 Å². The number of carbonyl (C=O) groups is 2. The average Bonchev–Trinajstić information content (AvgIpc) is 3.04. The highest BCUT2D eigenvalue weighted by Gasteiger charge is 2.43. The first-order chi connectivity index (χ1) is 14.9. The number of benzene rings is 2. The summed E-state index contributed by atoms with van der Waals surface area (Å²) in [5, 5.41) is 11.0. The van der Waals surface area contributed by atoms with E-state index in [4.69, 9.17) is 0 Å². The summed E-state index contributed by atoms with van der Waals surface area (Å²) in [6, 6.07) is 13.0. The summed E-state index contributed by atoms with van der Waals surface area (Å²) in [5.41, 5.74) is 2.66. The Labute approximate surface area is 180 Å². The third kappa shape index (κ3) is 3.82. The van der Waals surface area contributed by atoms with Crippen LogP contribution in [-0.2, 0) is 9.59 Å². The Morgan fingerprint density at radius 2 is 1.52 bits per heavy atom. The van der Waals surface area contributed by atoms with E-state index in [2.05, 4.69) is 11.8 Å². The number of piperazine rings is 1. The van der Waals surface area contributed by atoms with Gasteiger partial charge in [0.15, 0.2) is 0 Å². The summed E-state index contributed by atoms with van der Waals surface area (Å²) in [6.45, 7) is 7.86. The first-order valence-electron chi connectivity index (χ1n) is 10.3. The van der Waals surface area contributed by atoms with Gasteiger partial charge in [0, 0.05) is 38.3 Å². The average molecular weight is 420 g/mol. The number of imide groups is 1.